The molecule has 1 heterocycles. The Labute approximate surface area is 111 Å². The predicted octanol–water partition coefficient (Wildman–Crippen LogP) is 3.62. The summed E-state index contributed by atoms with van der Waals surface area (Å²) in [6.07, 6.45) is 4.66. The number of fused-ring (bicyclic) bond motifs is 1. The van der Waals surface area contributed by atoms with Crippen LogP contribution in [0.1, 0.15) is 38.7 Å². The molecule has 1 aromatic carbocycles. The van der Waals surface area contributed by atoms with Crippen molar-refractivity contribution in [2.45, 2.75) is 48.5 Å². The van der Waals surface area contributed by atoms with E-state index in [0.717, 1.165) is 35.5 Å². The van der Waals surface area contributed by atoms with Crippen molar-refractivity contribution < 1.29 is 9.53 Å². The number of ether oxygens (including phenoxy) is 1. The van der Waals surface area contributed by atoms with Gasteiger partial charge in [0.05, 0.1) is 4.90 Å². The lowest BCUT2D eigenvalue weighted by Crippen LogP contribution is -2.32. The molecular formula is C14H15NO2S. The van der Waals surface area contributed by atoms with Crippen LogP contribution in [0.3, 0.4) is 0 Å². The Bertz CT molecular complexity index is 543. The van der Waals surface area contributed by atoms with E-state index < -0.39 is 0 Å². The van der Waals surface area contributed by atoms with Gasteiger partial charge in [0.1, 0.15) is 11.3 Å². The van der Waals surface area contributed by atoms with Crippen LogP contribution in [0.4, 0.5) is 0 Å². The first-order valence-electron chi connectivity index (χ1n) is 6.17. The van der Waals surface area contributed by atoms with Crippen molar-refractivity contribution in [1.82, 2.24) is 0 Å². The molecule has 0 spiro atoms. The molecule has 1 aliphatic carbocycles. The summed E-state index contributed by atoms with van der Waals surface area (Å²) < 4.78 is 6.03. The zero-order chi connectivity index (χ0) is 12.8. The third-order valence-electron chi connectivity index (χ3n) is 3.62. The molecule has 0 bridgehead atoms. The number of hydrogen-bond donors (Lipinski definition) is 0. The van der Waals surface area contributed by atoms with Gasteiger partial charge in [-0.05, 0) is 39.2 Å². The maximum Gasteiger partial charge on any atom is 0.235 e. The zero-order valence-electron chi connectivity index (χ0n) is 10.5. The van der Waals surface area contributed by atoms with Crippen LogP contribution in [0.2, 0.25) is 0 Å². The van der Waals surface area contributed by atoms with E-state index in [1.54, 1.807) is 17.8 Å². The molecule has 1 fully saturated rings. The molecule has 0 unspecified atom stereocenters. The van der Waals surface area contributed by atoms with Crippen LogP contribution >= 0.6 is 11.8 Å². The number of isocyanates is 1. The number of rotatable bonds is 2. The molecule has 0 atom stereocenters. The first-order valence-corrected chi connectivity index (χ1v) is 6.99. The van der Waals surface area contributed by atoms with Gasteiger partial charge < -0.3 is 4.74 Å². The minimum absolute atomic E-state index is 0.242. The molecule has 0 N–H and O–H groups in total. The Morgan fingerprint density at radius 1 is 1.39 bits per heavy atom. The monoisotopic (exact) mass is 261 g/mol. The molecule has 18 heavy (non-hydrogen) atoms. The largest absolute Gasteiger partial charge is 0.475 e. The molecule has 0 amide bonds. The van der Waals surface area contributed by atoms with Gasteiger partial charge in [-0.2, -0.15) is 4.99 Å². The van der Waals surface area contributed by atoms with Crippen LogP contribution in [0.15, 0.2) is 28.1 Å². The van der Waals surface area contributed by atoms with Gasteiger partial charge in [-0.3, -0.25) is 0 Å². The highest BCUT2D eigenvalue weighted by atomic mass is 32.2. The van der Waals surface area contributed by atoms with Crippen LogP contribution in [0.5, 0.6) is 5.75 Å². The number of para-hydroxylation sites is 1. The lowest BCUT2D eigenvalue weighted by molar-refractivity contribution is 0.193. The molecule has 3 rings (SSSR count). The van der Waals surface area contributed by atoms with E-state index in [1.807, 2.05) is 12.1 Å². The van der Waals surface area contributed by atoms with Gasteiger partial charge in [0, 0.05) is 5.56 Å². The minimum atomic E-state index is -0.381. The average Bonchev–Trinajstić information content (AvgIpc) is 2.57. The van der Waals surface area contributed by atoms with E-state index in [4.69, 9.17) is 4.74 Å². The van der Waals surface area contributed by atoms with E-state index in [2.05, 4.69) is 24.9 Å². The maximum absolute atomic E-state index is 10.7. The third kappa shape index (κ3) is 1.68. The Morgan fingerprint density at radius 2 is 2.17 bits per heavy atom. The summed E-state index contributed by atoms with van der Waals surface area (Å²) in [5.74, 6) is 0.909. The SMILES string of the molecule is CC1(C)Oc2c(cccc2C2(N=C=O)CCC2)S1. The number of thioether (sulfide) groups is 1. The highest BCUT2D eigenvalue weighted by Crippen LogP contribution is 2.55. The first-order chi connectivity index (χ1) is 8.56. The molecular weight excluding hydrogens is 246 g/mol. The van der Waals surface area contributed by atoms with Crippen molar-refractivity contribution in [3.63, 3.8) is 0 Å². The molecule has 3 nitrogen and oxygen atoms in total. The predicted molar refractivity (Wildman–Crippen MR) is 70.7 cm³/mol. The fourth-order valence-corrected chi connectivity index (χ4v) is 3.69. The van der Waals surface area contributed by atoms with Gasteiger partial charge >= 0.3 is 0 Å². The summed E-state index contributed by atoms with van der Waals surface area (Å²) in [7, 11) is 0. The number of hydrogen-bond acceptors (Lipinski definition) is 4. The van der Waals surface area contributed by atoms with Gasteiger partial charge in [0.25, 0.3) is 0 Å². The summed E-state index contributed by atoms with van der Waals surface area (Å²) in [6.45, 7) is 4.11. The van der Waals surface area contributed by atoms with Crippen molar-refractivity contribution in [3.8, 4) is 5.75 Å². The molecule has 4 heteroatoms. The fraction of sp³-hybridized carbons (Fsp3) is 0.500. The fourth-order valence-electron chi connectivity index (χ4n) is 2.64. The first kappa shape index (κ1) is 11.8. The summed E-state index contributed by atoms with van der Waals surface area (Å²) >= 11 is 1.71. The van der Waals surface area contributed by atoms with Crippen LogP contribution < -0.4 is 4.74 Å². The Morgan fingerprint density at radius 3 is 2.78 bits per heavy atom. The standard InChI is InChI=1S/C14H15NO2S/c1-13(2)17-12-10(5-3-6-11(12)18-13)14(15-9-16)7-4-8-14/h3,5-6H,4,7-8H2,1-2H3. The Kier molecular flexibility index (Phi) is 2.54. The summed E-state index contributed by atoms with van der Waals surface area (Å²) in [4.78, 5) is 15.6. The minimum Gasteiger partial charge on any atom is -0.475 e. The summed E-state index contributed by atoms with van der Waals surface area (Å²) in [5.41, 5.74) is 0.668. The number of nitrogens with zero attached hydrogens (tertiary/aromatic N) is 1. The van der Waals surface area contributed by atoms with Crippen molar-refractivity contribution in [2.75, 3.05) is 0 Å². The van der Waals surface area contributed by atoms with Crippen molar-refractivity contribution >= 4 is 17.8 Å². The number of benzene rings is 1. The quantitative estimate of drug-likeness (QED) is 0.603. The second-order valence-electron chi connectivity index (χ2n) is 5.33. The average molecular weight is 261 g/mol. The molecule has 94 valence electrons. The highest BCUT2D eigenvalue weighted by Gasteiger charge is 2.44. The van der Waals surface area contributed by atoms with Crippen molar-refractivity contribution in [2.24, 2.45) is 4.99 Å². The molecule has 1 saturated carbocycles. The summed E-state index contributed by atoms with van der Waals surface area (Å²) in [5, 5.41) is 0. The third-order valence-corrected chi connectivity index (χ3v) is 4.74. The van der Waals surface area contributed by atoms with Crippen molar-refractivity contribution in [3.05, 3.63) is 23.8 Å². The van der Waals surface area contributed by atoms with E-state index in [1.165, 1.54) is 0 Å². The van der Waals surface area contributed by atoms with E-state index in [9.17, 15) is 4.79 Å². The second kappa shape index (κ2) is 3.87. The lowest BCUT2D eigenvalue weighted by Gasteiger charge is -2.37. The summed E-state index contributed by atoms with van der Waals surface area (Å²) in [6, 6.07) is 6.11. The Hall–Kier alpha value is -1.25. The van der Waals surface area contributed by atoms with Gasteiger partial charge in [-0.25, -0.2) is 4.79 Å². The molecule has 2 aliphatic rings. The van der Waals surface area contributed by atoms with Gasteiger partial charge in [0.15, 0.2) is 4.93 Å². The van der Waals surface area contributed by atoms with Gasteiger partial charge in [-0.15, -0.1) is 0 Å². The molecule has 0 saturated heterocycles. The lowest BCUT2D eigenvalue weighted by atomic mass is 9.72. The second-order valence-corrected chi connectivity index (χ2v) is 6.95. The molecule has 1 aromatic rings. The number of aliphatic imine (C=N–C) groups is 1. The van der Waals surface area contributed by atoms with E-state index >= 15 is 0 Å². The zero-order valence-corrected chi connectivity index (χ0v) is 11.3. The highest BCUT2D eigenvalue weighted by molar-refractivity contribution is 8.00. The smallest absolute Gasteiger partial charge is 0.235 e. The van der Waals surface area contributed by atoms with E-state index in [0.29, 0.717) is 0 Å². The normalized spacial score (nSPS) is 22.3. The Balaban J connectivity index is 2.10. The van der Waals surface area contributed by atoms with Crippen LogP contribution in [0, 0.1) is 0 Å². The van der Waals surface area contributed by atoms with Crippen LogP contribution in [0.25, 0.3) is 0 Å². The van der Waals surface area contributed by atoms with E-state index in [-0.39, 0.29) is 10.5 Å². The topological polar surface area (TPSA) is 38.7 Å². The van der Waals surface area contributed by atoms with Gasteiger partial charge in [0.2, 0.25) is 6.08 Å². The molecule has 0 aromatic heterocycles. The van der Waals surface area contributed by atoms with Crippen LogP contribution in [-0.4, -0.2) is 11.0 Å². The molecule has 0 radical (unpaired) electrons. The van der Waals surface area contributed by atoms with Crippen molar-refractivity contribution in [1.29, 1.82) is 0 Å². The maximum atomic E-state index is 10.7. The number of carbonyl (C=O) groups excluding carboxylic acids is 1. The van der Waals surface area contributed by atoms with Crippen LogP contribution in [-0.2, 0) is 10.3 Å². The van der Waals surface area contributed by atoms with Gasteiger partial charge in [-0.1, -0.05) is 23.9 Å². The molecule has 1 aliphatic heterocycles.